The van der Waals surface area contributed by atoms with Crippen LogP contribution in [0.5, 0.6) is 0 Å². The molecular weight excluding hydrogens is 255 g/mol. The van der Waals surface area contributed by atoms with Gasteiger partial charge in [-0.15, -0.1) is 0 Å². The second kappa shape index (κ2) is 5.57. The van der Waals surface area contributed by atoms with Crippen molar-refractivity contribution in [2.75, 3.05) is 13.6 Å². The van der Waals surface area contributed by atoms with Crippen LogP contribution in [0.15, 0.2) is 18.2 Å². The van der Waals surface area contributed by atoms with Crippen molar-refractivity contribution in [2.24, 2.45) is 5.73 Å². The highest BCUT2D eigenvalue weighted by atomic mass is 35.5. The van der Waals surface area contributed by atoms with Crippen molar-refractivity contribution >= 4 is 23.2 Å². The standard InChI is InChI=1S/C13H18Cl2N2/c1-17(10-3-2-4-10)13(8-16)9-5-6-11(14)12(15)7-9/h5-7,10,13H,2-4,8,16H2,1H3. The summed E-state index contributed by atoms with van der Waals surface area (Å²) >= 11 is 12.0. The average molecular weight is 273 g/mol. The van der Waals surface area contributed by atoms with Crippen LogP contribution >= 0.6 is 23.2 Å². The monoisotopic (exact) mass is 272 g/mol. The third-order valence-corrected chi connectivity index (χ3v) is 4.43. The molecule has 1 aliphatic rings. The quantitative estimate of drug-likeness (QED) is 0.910. The van der Waals surface area contributed by atoms with Crippen LogP contribution in [-0.4, -0.2) is 24.5 Å². The van der Waals surface area contributed by atoms with Gasteiger partial charge in [0, 0.05) is 18.6 Å². The van der Waals surface area contributed by atoms with E-state index in [4.69, 9.17) is 28.9 Å². The Kier molecular flexibility index (Phi) is 4.31. The summed E-state index contributed by atoms with van der Waals surface area (Å²) in [6.45, 7) is 0.602. The molecule has 0 bridgehead atoms. The predicted octanol–water partition coefficient (Wildman–Crippen LogP) is 3.48. The van der Waals surface area contributed by atoms with Crippen LogP contribution in [0, 0.1) is 0 Å². The minimum Gasteiger partial charge on any atom is -0.329 e. The number of likely N-dealkylation sites (N-methyl/N-ethyl adjacent to an activating group) is 1. The maximum atomic E-state index is 6.06. The van der Waals surface area contributed by atoms with Crippen LogP contribution < -0.4 is 5.73 Å². The van der Waals surface area contributed by atoms with E-state index in [-0.39, 0.29) is 6.04 Å². The largest absolute Gasteiger partial charge is 0.329 e. The highest BCUT2D eigenvalue weighted by Crippen LogP contribution is 2.32. The molecule has 94 valence electrons. The summed E-state index contributed by atoms with van der Waals surface area (Å²) in [6.07, 6.45) is 3.87. The second-order valence-electron chi connectivity index (χ2n) is 4.68. The second-order valence-corrected chi connectivity index (χ2v) is 5.49. The molecule has 4 heteroatoms. The molecule has 17 heavy (non-hydrogen) atoms. The Labute approximate surface area is 113 Å². The summed E-state index contributed by atoms with van der Waals surface area (Å²) in [5, 5.41) is 1.20. The van der Waals surface area contributed by atoms with E-state index in [1.165, 1.54) is 19.3 Å². The molecule has 0 heterocycles. The molecule has 0 saturated heterocycles. The van der Waals surface area contributed by atoms with Crippen LogP contribution in [-0.2, 0) is 0 Å². The summed E-state index contributed by atoms with van der Waals surface area (Å²) in [6, 6.07) is 6.68. The lowest BCUT2D eigenvalue weighted by atomic mass is 9.89. The molecule has 0 amide bonds. The van der Waals surface area contributed by atoms with E-state index < -0.39 is 0 Å². The molecule has 1 atom stereocenters. The zero-order valence-corrected chi connectivity index (χ0v) is 11.5. The van der Waals surface area contributed by atoms with Gasteiger partial charge in [-0.25, -0.2) is 0 Å². The van der Waals surface area contributed by atoms with Crippen molar-refractivity contribution in [3.63, 3.8) is 0 Å². The summed E-state index contributed by atoms with van der Waals surface area (Å²) < 4.78 is 0. The third kappa shape index (κ3) is 2.76. The first-order chi connectivity index (χ1) is 8.13. The summed E-state index contributed by atoms with van der Waals surface area (Å²) in [5.41, 5.74) is 7.04. The van der Waals surface area contributed by atoms with E-state index in [1.807, 2.05) is 18.2 Å². The van der Waals surface area contributed by atoms with Crippen molar-refractivity contribution < 1.29 is 0 Å². The molecule has 0 aromatic heterocycles. The Morgan fingerprint density at radius 2 is 2.06 bits per heavy atom. The molecule has 0 radical (unpaired) electrons. The van der Waals surface area contributed by atoms with E-state index in [0.717, 1.165) is 5.56 Å². The van der Waals surface area contributed by atoms with Crippen molar-refractivity contribution in [2.45, 2.75) is 31.3 Å². The number of nitrogens with zero attached hydrogens (tertiary/aromatic N) is 1. The van der Waals surface area contributed by atoms with Gasteiger partial charge in [0.25, 0.3) is 0 Å². The molecule has 1 unspecified atom stereocenters. The first-order valence-electron chi connectivity index (χ1n) is 6.00. The highest BCUT2D eigenvalue weighted by molar-refractivity contribution is 6.42. The Hall–Kier alpha value is -0.280. The minimum atomic E-state index is 0.232. The van der Waals surface area contributed by atoms with Gasteiger partial charge >= 0.3 is 0 Å². The van der Waals surface area contributed by atoms with Crippen molar-refractivity contribution in [3.05, 3.63) is 33.8 Å². The topological polar surface area (TPSA) is 29.3 Å². The number of hydrogen-bond donors (Lipinski definition) is 1. The normalized spacial score (nSPS) is 18.2. The molecule has 0 spiro atoms. The molecular formula is C13H18Cl2N2. The summed E-state index contributed by atoms with van der Waals surface area (Å²) in [5.74, 6) is 0. The van der Waals surface area contributed by atoms with Gasteiger partial charge < -0.3 is 5.73 Å². The zero-order valence-electron chi connectivity index (χ0n) is 10.00. The third-order valence-electron chi connectivity index (χ3n) is 3.69. The average Bonchev–Trinajstić information content (AvgIpc) is 2.22. The van der Waals surface area contributed by atoms with Crippen LogP contribution in [0.3, 0.4) is 0 Å². The van der Waals surface area contributed by atoms with Crippen LogP contribution in [0.2, 0.25) is 10.0 Å². The molecule has 1 aliphatic carbocycles. The molecule has 0 aliphatic heterocycles. The molecule has 1 aromatic rings. The molecule has 2 rings (SSSR count). The van der Waals surface area contributed by atoms with Crippen LogP contribution in [0.25, 0.3) is 0 Å². The van der Waals surface area contributed by atoms with E-state index in [1.54, 1.807) is 0 Å². The van der Waals surface area contributed by atoms with Gasteiger partial charge in [-0.05, 0) is 37.6 Å². The lowest BCUT2D eigenvalue weighted by molar-refractivity contribution is 0.113. The fraction of sp³-hybridized carbons (Fsp3) is 0.538. The van der Waals surface area contributed by atoms with Gasteiger partial charge in [-0.3, -0.25) is 4.90 Å². The van der Waals surface area contributed by atoms with E-state index >= 15 is 0 Å². The number of benzene rings is 1. The highest BCUT2D eigenvalue weighted by Gasteiger charge is 2.27. The Morgan fingerprint density at radius 1 is 1.35 bits per heavy atom. The van der Waals surface area contributed by atoms with Gasteiger partial charge in [0.1, 0.15) is 0 Å². The fourth-order valence-corrected chi connectivity index (χ4v) is 2.61. The van der Waals surface area contributed by atoms with E-state index in [0.29, 0.717) is 22.6 Å². The molecule has 2 nitrogen and oxygen atoms in total. The molecule has 1 aromatic carbocycles. The first-order valence-corrected chi connectivity index (χ1v) is 6.76. The molecule has 1 saturated carbocycles. The van der Waals surface area contributed by atoms with Crippen molar-refractivity contribution in [3.8, 4) is 0 Å². The fourth-order valence-electron chi connectivity index (χ4n) is 2.31. The zero-order chi connectivity index (χ0) is 12.4. The van der Waals surface area contributed by atoms with Gasteiger partial charge in [-0.1, -0.05) is 35.7 Å². The van der Waals surface area contributed by atoms with E-state index in [2.05, 4.69) is 11.9 Å². The van der Waals surface area contributed by atoms with Crippen LogP contribution in [0.1, 0.15) is 30.9 Å². The first kappa shape index (κ1) is 13.2. The minimum absolute atomic E-state index is 0.232. The van der Waals surface area contributed by atoms with Gasteiger partial charge in [0.2, 0.25) is 0 Å². The summed E-state index contributed by atoms with van der Waals surface area (Å²) in [4.78, 5) is 2.36. The van der Waals surface area contributed by atoms with Crippen molar-refractivity contribution in [1.82, 2.24) is 4.90 Å². The lowest BCUT2D eigenvalue weighted by Gasteiger charge is -2.40. The molecule has 1 fully saturated rings. The number of nitrogens with two attached hydrogens (primary N) is 1. The smallest absolute Gasteiger partial charge is 0.0595 e. The summed E-state index contributed by atoms with van der Waals surface area (Å²) in [7, 11) is 2.14. The van der Waals surface area contributed by atoms with E-state index in [9.17, 15) is 0 Å². The molecule has 2 N–H and O–H groups in total. The predicted molar refractivity (Wildman–Crippen MR) is 73.7 cm³/mol. The van der Waals surface area contributed by atoms with Crippen LogP contribution in [0.4, 0.5) is 0 Å². The number of rotatable bonds is 4. The number of hydrogen-bond acceptors (Lipinski definition) is 2. The maximum absolute atomic E-state index is 6.06. The van der Waals surface area contributed by atoms with Gasteiger partial charge in [0.05, 0.1) is 10.0 Å². The SMILES string of the molecule is CN(C1CCC1)C(CN)c1ccc(Cl)c(Cl)c1. The number of halogens is 2. The van der Waals surface area contributed by atoms with Crippen molar-refractivity contribution in [1.29, 1.82) is 0 Å². The Morgan fingerprint density at radius 3 is 2.53 bits per heavy atom. The van der Waals surface area contributed by atoms with Gasteiger partial charge in [-0.2, -0.15) is 0 Å². The Bertz CT molecular complexity index is 391. The Balaban J connectivity index is 2.18. The van der Waals surface area contributed by atoms with Gasteiger partial charge in [0.15, 0.2) is 0 Å². The maximum Gasteiger partial charge on any atom is 0.0595 e. The lowest BCUT2D eigenvalue weighted by Crippen LogP contribution is -2.42.